The van der Waals surface area contributed by atoms with Crippen LogP contribution in [0.4, 0.5) is 10.5 Å². The van der Waals surface area contributed by atoms with Crippen LogP contribution in [-0.4, -0.2) is 28.8 Å². The zero-order valence-corrected chi connectivity index (χ0v) is 17.3. The number of carbonyl (C=O) groups excluding carboxylic acids is 1. The Morgan fingerprint density at radius 1 is 1.03 bits per heavy atom. The van der Waals surface area contributed by atoms with Crippen molar-refractivity contribution in [2.45, 2.75) is 19.4 Å². The summed E-state index contributed by atoms with van der Waals surface area (Å²) in [5.41, 5.74) is 3.84. The van der Waals surface area contributed by atoms with E-state index in [1.807, 2.05) is 61.7 Å². The second kappa shape index (κ2) is 9.36. The minimum atomic E-state index is -0.400. The number of aryl methyl sites for hydroxylation is 1. The molecule has 4 rings (SSSR count). The fraction of sp³-hybridized carbons (Fsp3) is 0.160. The lowest BCUT2D eigenvalue weighted by atomic mass is 10.1. The molecule has 6 heteroatoms. The first-order chi connectivity index (χ1) is 15.1. The van der Waals surface area contributed by atoms with E-state index >= 15 is 0 Å². The number of rotatable bonds is 7. The van der Waals surface area contributed by atoms with Crippen LogP contribution in [0, 0.1) is 6.92 Å². The lowest BCUT2D eigenvalue weighted by Gasteiger charge is -2.17. The van der Waals surface area contributed by atoms with Crippen LogP contribution in [0.5, 0.6) is 11.5 Å². The van der Waals surface area contributed by atoms with E-state index < -0.39 is 6.04 Å². The molecule has 1 unspecified atom stereocenters. The van der Waals surface area contributed by atoms with Gasteiger partial charge >= 0.3 is 6.03 Å². The van der Waals surface area contributed by atoms with Gasteiger partial charge in [-0.2, -0.15) is 0 Å². The summed E-state index contributed by atoms with van der Waals surface area (Å²) in [5.74, 6) is 1.45. The number of benzene rings is 3. The average Bonchev–Trinajstić information content (AvgIpc) is 3.17. The number of H-pyrrole nitrogens is 1. The minimum absolute atomic E-state index is 0.157. The minimum Gasteiger partial charge on any atom is -0.457 e. The summed E-state index contributed by atoms with van der Waals surface area (Å²) in [4.78, 5) is 15.6. The van der Waals surface area contributed by atoms with Crippen molar-refractivity contribution >= 4 is 22.6 Å². The summed E-state index contributed by atoms with van der Waals surface area (Å²) in [6.45, 7) is 1.85. The topological polar surface area (TPSA) is 86.4 Å². The Morgan fingerprint density at radius 3 is 2.61 bits per heavy atom. The lowest BCUT2D eigenvalue weighted by molar-refractivity contribution is 0.224. The molecule has 1 heterocycles. The Labute approximate surface area is 180 Å². The summed E-state index contributed by atoms with van der Waals surface area (Å²) in [7, 11) is 0. The van der Waals surface area contributed by atoms with Gasteiger partial charge in [0.05, 0.1) is 12.6 Å². The van der Waals surface area contributed by atoms with Gasteiger partial charge in [0, 0.05) is 22.8 Å². The monoisotopic (exact) mass is 415 g/mol. The zero-order valence-electron chi connectivity index (χ0n) is 17.3. The van der Waals surface area contributed by atoms with Crippen LogP contribution in [0.25, 0.3) is 10.9 Å². The largest absolute Gasteiger partial charge is 0.457 e. The van der Waals surface area contributed by atoms with Crippen molar-refractivity contribution in [1.82, 2.24) is 10.3 Å². The maximum atomic E-state index is 12.4. The van der Waals surface area contributed by atoms with Gasteiger partial charge in [-0.3, -0.25) is 0 Å². The highest BCUT2D eigenvalue weighted by Gasteiger charge is 2.14. The van der Waals surface area contributed by atoms with Gasteiger partial charge in [-0.05, 0) is 66.9 Å². The highest BCUT2D eigenvalue weighted by molar-refractivity contribution is 5.89. The number of aromatic amines is 1. The van der Waals surface area contributed by atoms with E-state index in [4.69, 9.17) is 4.74 Å². The third kappa shape index (κ3) is 5.24. The van der Waals surface area contributed by atoms with Crippen molar-refractivity contribution in [3.63, 3.8) is 0 Å². The van der Waals surface area contributed by atoms with Crippen LogP contribution >= 0.6 is 0 Å². The van der Waals surface area contributed by atoms with Gasteiger partial charge in [0.25, 0.3) is 0 Å². The smallest absolute Gasteiger partial charge is 0.319 e. The number of hydrogen-bond donors (Lipinski definition) is 4. The number of aliphatic hydroxyl groups excluding tert-OH is 1. The van der Waals surface area contributed by atoms with E-state index in [-0.39, 0.29) is 12.6 Å². The number of aromatic nitrogens is 1. The first-order valence-electron chi connectivity index (χ1n) is 10.2. The van der Waals surface area contributed by atoms with Gasteiger partial charge in [0.2, 0.25) is 0 Å². The zero-order chi connectivity index (χ0) is 21.6. The van der Waals surface area contributed by atoms with Crippen LogP contribution in [0.2, 0.25) is 0 Å². The Hall–Kier alpha value is -3.77. The summed E-state index contributed by atoms with van der Waals surface area (Å²) in [6, 6.07) is 22.2. The number of aliphatic hydroxyl groups is 1. The first-order valence-corrected chi connectivity index (χ1v) is 10.2. The number of ether oxygens (including phenoxy) is 1. The van der Waals surface area contributed by atoms with E-state index in [0.717, 1.165) is 27.8 Å². The van der Waals surface area contributed by atoms with Crippen molar-refractivity contribution < 1.29 is 14.6 Å². The van der Waals surface area contributed by atoms with Crippen LogP contribution in [0.15, 0.2) is 79.0 Å². The normalized spacial score (nSPS) is 11.8. The number of hydrogen-bond acceptors (Lipinski definition) is 3. The molecule has 0 aliphatic carbocycles. The Balaban J connectivity index is 1.34. The number of amides is 2. The Bertz CT molecular complexity index is 1170. The number of anilines is 1. The van der Waals surface area contributed by atoms with Crippen molar-refractivity contribution in [1.29, 1.82) is 0 Å². The fourth-order valence-corrected chi connectivity index (χ4v) is 3.50. The summed E-state index contributed by atoms with van der Waals surface area (Å²) < 4.78 is 5.83. The number of para-hydroxylation sites is 1. The Kier molecular flexibility index (Phi) is 6.19. The van der Waals surface area contributed by atoms with Gasteiger partial charge in [0.1, 0.15) is 11.5 Å². The SMILES string of the molecule is Cc1cccc(Oc2ccc(NC(=O)NC(CO)Cc3c[nH]c4ccccc34)cc2)c1. The molecule has 158 valence electrons. The summed E-state index contributed by atoms with van der Waals surface area (Å²) in [5, 5.41) is 16.5. The number of urea groups is 1. The average molecular weight is 415 g/mol. The first kappa shape index (κ1) is 20.5. The molecule has 4 aromatic rings. The lowest BCUT2D eigenvalue weighted by Crippen LogP contribution is -2.41. The van der Waals surface area contributed by atoms with Gasteiger partial charge in [-0.1, -0.05) is 30.3 Å². The van der Waals surface area contributed by atoms with E-state index in [0.29, 0.717) is 17.9 Å². The highest BCUT2D eigenvalue weighted by atomic mass is 16.5. The van der Waals surface area contributed by atoms with Gasteiger partial charge in [-0.15, -0.1) is 0 Å². The maximum Gasteiger partial charge on any atom is 0.319 e. The molecule has 31 heavy (non-hydrogen) atoms. The molecule has 1 aromatic heterocycles. The predicted molar refractivity (Wildman–Crippen MR) is 123 cm³/mol. The molecule has 3 aromatic carbocycles. The number of nitrogens with one attached hydrogen (secondary N) is 3. The summed E-state index contributed by atoms with van der Waals surface area (Å²) >= 11 is 0. The molecule has 0 saturated carbocycles. The van der Waals surface area contributed by atoms with E-state index in [2.05, 4.69) is 15.6 Å². The molecular weight excluding hydrogens is 390 g/mol. The quantitative estimate of drug-likeness (QED) is 0.343. The second-order valence-electron chi connectivity index (χ2n) is 7.48. The van der Waals surface area contributed by atoms with Gasteiger partial charge in [-0.25, -0.2) is 4.79 Å². The maximum absolute atomic E-state index is 12.4. The van der Waals surface area contributed by atoms with Crippen molar-refractivity contribution in [3.8, 4) is 11.5 Å². The van der Waals surface area contributed by atoms with E-state index in [1.54, 1.807) is 24.3 Å². The molecule has 0 saturated heterocycles. The van der Waals surface area contributed by atoms with Crippen molar-refractivity contribution in [2.75, 3.05) is 11.9 Å². The molecule has 0 aliphatic heterocycles. The number of carbonyl (C=O) groups is 1. The van der Waals surface area contributed by atoms with Gasteiger partial charge < -0.3 is 25.5 Å². The third-order valence-corrected chi connectivity index (χ3v) is 5.03. The van der Waals surface area contributed by atoms with Crippen LogP contribution in [0.3, 0.4) is 0 Å². The molecule has 6 nitrogen and oxygen atoms in total. The molecule has 2 amide bonds. The number of fused-ring (bicyclic) bond motifs is 1. The molecule has 0 radical (unpaired) electrons. The third-order valence-electron chi connectivity index (χ3n) is 5.03. The van der Waals surface area contributed by atoms with Crippen molar-refractivity contribution in [3.05, 3.63) is 90.1 Å². The van der Waals surface area contributed by atoms with Crippen LogP contribution in [0.1, 0.15) is 11.1 Å². The molecule has 4 N–H and O–H groups in total. The van der Waals surface area contributed by atoms with Gasteiger partial charge in [0.15, 0.2) is 0 Å². The standard InChI is InChI=1S/C25H25N3O3/c1-17-5-4-6-22(13-17)31-21-11-9-19(10-12-21)27-25(30)28-20(16-29)14-18-15-26-24-8-3-2-7-23(18)24/h2-13,15,20,26,29H,14,16H2,1H3,(H2,27,28,30). The molecular formula is C25H25N3O3. The van der Waals surface area contributed by atoms with E-state index in [1.165, 1.54) is 0 Å². The second-order valence-corrected chi connectivity index (χ2v) is 7.48. The summed E-state index contributed by atoms with van der Waals surface area (Å²) in [6.07, 6.45) is 2.44. The molecule has 0 aliphatic rings. The molecule has 0 spiro atoms. The highest BCUT2D eigenvalue weighted by Crippen LogP contribution is 2.24. The van der Waals surface area contributed by atoms with Crippen molar-refractivity contribution in [2.24, 2.45) is 0 Å². The molecule has 1 atom stereocenters. The molecule has 0 bridgehead atoms. The van der Waals surface area contributed by atoms with Crippen LogP contribution < -0.4 is 15.4 Å². The molecule has 0 fully saturated rings. The Morgan fingerprint density at radius 2 is 1.84 bits per heavy atom. The fourth-order valence-electron chi connectivity index (χ4n) is 3.50. The van der Waals surface area contributed by atoms with Crippen LogP contribution in [-0.2, 0) is 6.42 Å². The van der Waals surface area contributed by atoms with E-state index in [9.17, 15) is 9.90 Å². The predicted octanol–water partition coefficient (Wildman–Crippen LogP) is 4.99.